The standard InChI is InChI=1S/C22H20F3N3O2/c1-13(2)20-27-21(30-28-20)16-11-7-8-14(3)19(16)26-18(29)12-17(22(23,24)25)15-9-5-4-6-10-15/h4-13H,1-3H3,(H,26,29)/b17-12-. The molecule has 5 nitrogen and oxygen atoms in total. The number of hydrogen-bond donors (Lipinski definition) is 1. The van der Waals surface area contributed by atoms with Gasteiger partial charge in [0.2, 0.25) is 5.91 Å². The van der Waals surface area contributed by atoms with Gasteiger partial charge in [-0.05, 0) is 24.1 Å². The van der Waals surface area contributed by atoms with Gasteiger partial charge in [-0.15, -0.1) is 0 Å². The third-order valence-electron chi connectivity index (χ3n) is 4.38. The summed E-state index contributed by atoms with van der Waals surface area (Å²) in [4.78, 5) is 16.9. The molecule has 0 bridgehead atoms. The summed E-state index contributed by atoms with van der Waals surface area (Å²) in [6.45, 7) is 5.53. The summed E-state index contributed by atoms with van der Waals surface area (Å²) in [6.07, 6.45) is -4.13. The van der Waals surface area contributed by atoms with E-state index in [0.717, 1.165) is 0 Å². The van der Waals surface area contributed by atoms with Crippen molar-refractivity contribution in [3.63, 3.8) is 0 Å². The zero-order valence-electron chi connectivity index (χ0n) is 16.6. The van der Waals surface area contributed by atoms with Gasteiger partial charge in [-0.3, -0.25) is 4.79 Å². The maximum Gasteiger partial charge on any atom is 0.417 e. The molecule has 30 heavy (non-hydrogen) atoms. The lowest BCUT2D eigenvalue weighted by atomic mass is 10.0. The maximum absolute atomic E-state index is 13.5. The number of rotatable bonds is 5. The molecular weight excluding hydrogens is 395 g/mol. The van der Waals surface area contributed by atoms with E-state index in [1.54, 1.807) is 31.2 Å². The van der Waals surface area contributed by atoms with Gasteiger partial charge in [-0.25, -0.2) is 0 Å². The van der Waals surface area contributed by atoms with Crippen molar-refractivity contribution >= 4 is 17.2 Å². The van der Waals surface area contributed by atoms with Crippen LogP contribution in [0.3, 0.4) is 0 Å². The third-order valence-corrected chi connectivity index (χ3v) is 4.38. The number of amides is 1. The molecule has 0 saturated carbocycles. The number of nitrogens with one attached hydrogen (secondary N) is 1. The van der Waals surface area contributed by atoms with Crippen LogP contribution in [-0.4, -0.2) is 22.2 Å². The van der Waals surface area contributed by atoms with Crippen molar-refractivity contribution in [1.29, 1.82) is 0 Å². The first-order chi connectivity index (χ1) is 14.2. The van der Waals surface area contributed by atoms with Crippen LogP contribution < -0.4 is 5.32 Å². The van der Waals surface area contributed by atoms with Gasteiger partial charge in [-0.1, -0.05) is 61.5 Å². The zero-order valence-corrected chi connectivity index (χ0v) is 16.6. The summed E-state index contributed by atoms with van der Waals surface area (Å²) >= 11 is 0. The molecule has 0 aliphatic rings. The van der Waals surface area contributed by atoms with Gasteiger partial charge in [0.1, 0.15) is 0 Å². The van der Waals surface area contributed by atoms with E-state index in [9.17, 15) is 18.0 Å². The summed E-state index contributed by atoms with van der Waals surface area (Å²) in [6, 6.07) is 12.3. The number of hydrogen-bond acceptors (Lipinski definition) is 4. The Morgan fingerprint density at radius 3 is 2.40 bits per heavy atom. The van der Waals surface area contributed by atoms with E-state index in [1.807, 2.05) is 13.8 Å². The fourth-order valence-corrected chi connectivity index (χ4v) is 2.83. The predicted molar refractivity (Wildman–Crippen MR) is 108 cm³/mol. The Balaban J connectivity index is 1.97. The minimum Gasteiger partial charge on any atom is -0.334 e. The Hall–Kier alpha value is -3.42. The molecule has 3 rings (SSSR count). The fourth-order valence-electron chi connectivity index (χ4n) is 2.83. The van der Waals surface area contributed by atoms with Crippen LogP contribution >= 0.6 is 0 Å². The van der Waals surface area contributed by atoms with Crippen LogP contribution in [0.15, 0.2) is 59.1 Å². The number of allylic oxidation sites excluding steroid dienone is 1. The quantitative estimate of drug-likeness (QED) is 0.539. The topological polar surface area (TPSA) is 68.0 Å². The molecule has 8 heteroatoms. The summed E-state index contributed by atoms with van der Waals surface area (Å²) in [5.74, 6) is -0.202. The third kappa shape index (κ3) is 4.76. The van der Waals surface area contributed by atoms with E-state index in [4.69, 9.17) is 4.52 Å². The lowest BCUT2D eigenvalue weighted by Gasteiger charge is -2.14. The van der Waals surface area contributed by atoms with Crippen LogP contribution in [0.5, 0.6) is 0 Å². The molecule has 1 heterocycles. The van der Waals surface area contributed by atoms with E-state index >= 15 is 0 Å². The number of halogens is 3. The molecule has 1 aromatic heterocycles. The number of aryl methyl sites for hydroxylation is 1. The second-order valence-corrected chi connectivity index (χ2v) is 7.02. The van der Waals surface area contributed by atoms with Gasteiger partial charge < -0.3 is 9.84 Å². The smallest absolute Gasteiger partial charge is 0.334 e. The highest BCUT2D eigenvalue weighted by atomic mass is 19.4. The lowest BCUT2D eigenvalue weighted by Crippen LogP contribution is -2.16. The monoisotopic (exact) mass is 415 g/mol. The van der Waals surface area contributed by atoms with Crippen LogP contribution in [0.4, 0.5) is 18.9 Å². The number of para-hydroxylation sites is 1. The summed E-state index contributed by atoms with van der Waals surface area (Å²) < 4.78 is 45.9. The molecule has 1 N–H and O–H groups in total. The molecule has 0 aliphatic heterocycles. The largest absolute Gasteiger partial charge is 0.417 e. The van der Waals surface area contributed by atoms with E-state index in [-0.39, 0.29) is 17.4 Å². The van der Waals surface area contributed by atoms with E-state index < -0.39 is 17.7 Å². The SMILES string of the molecule is Cc1cccc(-c2nc(C(C)C)no2)c1NC(=O)/C=C(/c1ccccc1)C(F)(F)F. The number of carbonyl (C=O) groups is 1. The molecule has 0 radical (unpaired) electrons. The van der Waals surface area contributed by atoms with Crippen LogP contribution in [0.1, 0.15) is 36.7 Å². The Morgan fingerprint density at radius 2 is 1.80 bits per heavy atom. The van der Waals surface area contributed by atoms with Crippen molar-refractivity contribution in [3.8, 4) is 11.5 Å². The molecule has 0 spiro atoms. The maximum atomic E-state index is 13.5. The second kappa shape index (κ2) is 8.52. The molecule has 156 valence electrons. The minimum atomic E-state index is -4.69. The van der Waals surface area contributed by atoms with E-state index in [2.05, 4.69) is 15.5 Å². The number of aromatic nitrogens is 2. The minimum absolute atomic E-state index is 0.0356. The molecular formula is C22H20F3N3O2. The first-order valence-electron chi connectivity index (χ1n) is 9.25. The number of anilines is 1. The van der Waals surface area contributed by atoms with Crippen molar-refractivity contribution in [2.75, 3.05) is 5.32 Å². The first kappa shape index (κ1) is 21.3. The van der Waals surface area contributed by atoms with Crippen LogP contribution in [0, 0.1) is 6.92 Å². The molecule has 0 unspecified atom stereocenters. The summed E-state index contributed by atoms with van der Waals surface area (Å²) in [7, 11) is 0. The molecule has 0 saturated heterocycles. The number of nitrogens with zero attached hydrogens (tertiary/aromatic N) is 2. The Kier molecular flexibility index (Phi) is 6.05. The Bertz CT molecular complexity index is 1070. The number of benzene rings is 2. The van der Waals surface area contributed by atoms with E-state index in [1.165, 1.54) is 24.3 Å². The first-order valence-corrected chi connectivity index (χ1v) is 9.25. The van der Waals surface area contributed by atoms with Gasteiger partial charge in [0, 0.05) is 12.0 Å². The zero-order chi connectivity index (χ0) is 21.9. The van der Waals surface area contributed by atoms with Crippen molar-refractivity contribution in [1.82, 2.24) is 10.1 Å². The van der Waals surface area contributed by atoms with Crippen LogP contribution in [0.25, 0.3) is 17.0 Å². The lowest BCUT2D eigenvalue weighted by molar-refractivity contribution is -0.112. The average molecular weight is 415 g/mol. The van der Waals surface area contributed by atoms with Gasteiger partial charge in [-0.2, -0.15) is 18.2 Å². The number of alkyl halides is 3. The van der Waals surface area contributed by atoms with Crippen LogP contribution in [-0.2, 0) is 4.79 Å². The predicted octanol–water partition coefficient (Wildman–Crippen LogP) is 5.75. The fraction of sp³-hybridized carbons (Fsp3) is 0.227. The highest BCUT2D eigenvalue weighted by molar-refractivity contribution is 6.06. The van der Waals surface area contributed by atoms with Gasteiger partial charge in [0.05, 0.1) is 16.8 Å². The van der Waals surface area contributed by atoms with Crippen LogP contribution in [0.2, 0.25) is 0 Å². The van der Waals surface area contributed by atoms with Gasteiger partial charge >= 0.3 is 6.18 Å². The van der Waals surface area contributed by atoms with Crippen molar-refractivity contribution in [2.45, 2.75) is 32.9 Å². The molecule has 0 atom stereocenters. The van der Waals surface area contributed by atoms with Gasteiger partial charge in [0.25, 0.3) is 5.89 Å². The molecule has 1 amide bonds. The number of carbonyl (C=O) groups excluding carboxylic acids is 1. The van der Waals surface area contributed by atoms with Crippen molar-refractivity contribution < 1.29 is 22.5 Å². The molecule has 3 aromatic rings. The average Bonchev–Trinajstić information content (AvgIpc) is 3.18. The van der Waals surface area contributed by atoms with Crippen molar-refractivity contribution in [2.24, 2.45) is 0 Å². The Morgan fingerprint density at radius 1 is 1.10 bits per heavy atom. The van der Waals surface area contributed by atoms with E-state index in [0.29, 0.717) is 28.7 Å². The van der Waals surface area contributed by atoms with Crippen molar-refractivity contribution in [3.05, 3.63) is 71.6 Å². The molecule has 2 aromatic carbocycles. The Labute approximate surface area is 171 Å². The summed E-state index contributed by atoms with van der Waals surface area (Å²) in [5.41, 5.74) is 0.266. The highest BCUT2D eigenvalue weighted by Gasteiger charge is 2.35. The molecule has 0 aliphatic carbocycles. The van der Waals surface area contributed by atoms with Gasteiger partial charge in [0.15, 0.2) is 5.82 Å². The molecule has 0 fully saturated rings. The summed E-state index contributed by atoms with van der Waals surface area (Å²) in [5, 5.41) is 6.45. The highest BCUT2D eigenvalue weighted by Crippen LogP contribution is 2.34. The normalized spacial score (nSPS) is 12.3. The second-order valence-electron chi connectivity index (χ2n) is 7.02.